The van der Waals surface area contributed by atoms with Crippen LogP contribution in [0.2, 0.25) is 0 Å². The van der Waals surface area contributed by atoms with Gasteiger partial charge in [-0.15, -0.1) is 0 Å². The number of aliphatic hydroxyl groups is 2. The molecule has 0 rings (SSSR count). The number of aliphatic hydroxyl groups excluding tert-OH is 2. The lowest BCUT2D eigenvalue weighted by Gasteiger charge is -2.20. The van der Waals surface area contributed by atoms with E-state index in [9.17, 15) is 24.2 Å². The van der Waals surface area contributed by atoms with Gasteiger partial charge in [-0.2, -0.15) is 0 Å². The second kappa shape index (κ2) is 39.2. The van der Waals surface area contributed by atoms with Crippen LogP contribution in [0.25, 0.3) is 0 Å². The molecular formula is C43H77O10P. The minimum Gasteiger partial charge on any atom is -0.462 e. The molecule has 0 saturated heterocycles. The predicted molar refractivity (Wildman–Crippen MR) is 219 cm³/mol. The standard InChI is InChI=1S/C43H77O10P/c1-3-5-7-9-11-13-15-17-19-21-23-25-27-29-31-33-35-43(47)53-41(39-52-54(48,49)51-37-40(45)36-44)38-50-42(46)34-32-30-28-26-24-22-20-18-16-14-12-10-8-6-4-2/h6,8,10,12,14,16,18,20,40-41,44-45H,3-5,7,9,11,13,15,17,19,21-39H2,1-2H3,(H,48,49)/b8-6+,12-10+,16-14+,20-18+/t40-,41+/m0/s1. The lowest BCUT2D eigenvalue weighted by molar-refractivity contribution is -0.161. The maximum absolute atomic E-state index is 12.6. The summed E-state index contributed by atoms with van der Waals surface area (Å²) in [7, 11) is -4.62. The molecule has 0 aromatic carbocycles. The molecule has 0 fully saturated rings. The van der Waals surface area contributed by atoms with E-state index in [1.807, 2.05) is 30.4 Å². The van der Waals surface area contributed by atoms with Gasteiger partial charge < -0.3 is 24.6 Å². The highest BCUT2D eigenvalue weighted by molar-refractivity contribution is 7.47. The van der Waals surface area contributed by atoms with Crippen molar-refractivity contribution in [2.45, 2.75) is 187 Å². The number of phosphoric acid groups is 1. The van der Waals surface area contributed by atoms with Crippen LogP contribution in [0.5, 0.6) is 0 Å². The topological polar surface area (TPSA) is 149 Å². The third kappa shape index (κ3) is 38.2. The Balaban J connectivity index is 4.34. The van der Waals surface area contributed by atoms with Crippen molar-refractivity contribution in [1.82, 2.24) is 0 Å². The van der Waals surface area contributed by atoms with Crippen LogP contribution in [0.3, 0.4) is 0 Å². The van der Waals surface area contributed by atoms with Crippen molar-refractivity contribution < 1.29 is 47.8 Å². The van der Waals surface area contributed by atoms with Crippen LogP contribution in [0.4, 0.5) is 0 Å². The maximum Gasteiger partial charge on any atom is 0.472 e. The highest BCUT2D eigenvalue weighted by Crippen LogP contribution is 2.43. The number of ether oxygens (including phenoxy) is 2. The van der Waals surface area contributed by atoms with Crippen molar-refractivity contribution in [3.63, 3.8) is 0 Å². The summed E-state index contributed by atoms with van der Waals surface area (Å²) < 4.78 is 32.7. The first-order valence-electron chi connectivity index (χ1n) is 21.1. The van der Waals surface area contributed by atoms with Gasteiger partial charge in [0.15, 0.2) is 6.10 Å². The van der Waals surface area contributed by atoms with Crippen LogP contribution in [0.1, 0.15) is 174 Å². The molecule has 0 spiro atoms. The average molecular weight is 785 g/mol. The van der Waals surface area contributed by atoms with E-state index in [1.165, 1.54) is 77.0 Å². The normalized spacial score (nSPS) is 14.4. The van der Waals surface area contributed by atoms with E-state index in [-0.39, 0.29) is 19.4 Å². The minimum absolute atomic E-state index is 0.180. The summed E-state index contributed by atoms with van der Waals surface area (Å²) in [5.74, 6) is -0.950. The molecule has 0 saturated carbocycles. The van der Waals surface area contributed by atoms with E-state index in [1.54, 1.807) is 0 Å². The van der Waals surface area contributed by atoms with Crippen molar-refractivity contribution in [2.24, 2.45) is 0 Å². The summed E-state index contributed by atoms with van der Waals surface area (Å²) in [5.41, 5.74) is 0. The smallest absolute Gasteiger partial charge is 0.462 e. The van der Waals surface area contributed by atoms with Crippen molar-refractivity contribution >= 4 is 19.8 Å². The predicted octanol–water partition coefficient (Wildman–Crippen LogP) is 10.9. The van der Waals surface area contributed by atoms with Crippen molar-refractivity contribution in [3.8, 4) is 0 Å². The van der Waals surface area contributed by atoms with E-state index in [2.05, 4.69) is 36.6 Å². The Kier molecular flexibility index (Phi) is 37.7. The average Bonchev–Trinajstić information content (AvgIpc) is 3.16. The van der Waals surface area contributed by atoms with E-state index < -0.39 is 51.8 Å². The van der Waals surface area contributed by atoms with Gasteiger partial charge in [0.25, 0.3) is 0 Å². The fourth-order valence-electron chi connectivity index (χ4n) is 5.59. The Morgan fingerprint density at radius 3 is 1.54 bits per heavy atom. The summed E-state index contributed by atoms with van der Waals surface area (Å²) in [5, 5.41) is 18.3. The molecule has 0 bridgehead atoms. The molecule has 0 amide bonds. The van der Waals surface area contributed by atoms with Gasteiger partial charge in [-0.05, 0) is 32.1 Å². The SMILES string of the molecule is CC/C=C/C=C/C=C/C=C/CCCCCCCC(=O)OC[C@H](COP(=O)(O)OC[C@@H](O)CO)OC(=O)CCCCCCCCCCCCCCCCCC. The second-order valence-electron chi connectivity index (χ2n) is 14.1. The molecule has 0 aliphatic rings. The molecule has 0 aromatic rings. The van der Waals surface area contributed by atoms with Crippen LogP contribution in [-0.2, 0) is 32.7 Å². The molecule has 0 radical (unpaired) electrons. The van der Waals surface area contributed by atoms with E-state index in [4.69, 9.17) is 19.1 Å². The molecule has 54 heavy (non-hydrogen) atoms. The number of hydrogen-bond acceptors (Lipinski definition) is 9. The molecule has 0 heterocycles. The number of carbonyl (C=O) groups is 2. The highest BCUT2D eigenvalue weighted by Gasteiger charge is 2.27. The van der Waals surface area contributed by atoms with Gasteiger partial charge >= 0.3 is 19.8 Å². The quantitative estimate of drug-likeness (QED) is 0.0238. The molecule has 3 atom stereocenters. The first-order chi connectivity index (χ1) is 26.2. The maximum atomic E-state index is 12.6. The number of esters is 2. The van der Waals surface area contributed by atoms with Crippen LogP contribution in [0.15, 0.2) is 48.6 Å². The zero-order chi connectivity index (χ0) is 39.8. The Bertz CT molecular complexity index is 1040. The summed E-state index contributed by atoms with van der Waals surface area (Å²) >= 11 is 0. The van der Waals surface area contributed by atoms with Crippen molar-refractivity contribution in [1.29, 1.82) is 0 Å². The Hall–Kier alpha value is -2.07. The molecule has 0 aromatic heterocycles. The van der Waals surface area contributed by atoms with Crippen LogP contribution in [0, 0.1) is 0 Å². The largest absolute Gasteiger partial charge is 0.472 e. The van der Waals surface area contributed by atoms with Gasteiger partial charge in [0.2, 0.25) is 0 Å². The third-order valence-corrected chi connectivity index (χ3v) is 9.79. The zero-order valence-corrected chi connectivity index (χ0v) is 34.8. The van der Waals surface area contributed by atoms with Gasteiger partial charge in [-0.25, -0.2) is 4.57 Å². The zero-order valence-electron chi connectivity index (χ0n) is 33.9. The van der Waals surface area contributed by atoms with Gasteiger partial charge in [-0.1, -0.05) is 178 Å². The van der Waals surface area contributed by atoms with E-state index in [0.29, 0.717) is 12.8 Å². The number of allylic oxidation sites excluding steroid dienone is 8. The fraction of sp³-hybridized carbons (Fsp3) is 0.767. The molecule has 0 aliphatic heterocycles. The number of phosphoric ester groups is 1. The monoisotopic (exact) mass is 785 g/mol. The molecule has 10 nitrogen and oxygen atoms in total. The van der Waals surface area contributed by atoms with Crippen molar-refractivity contribution in [3.05, 3.63) is 48.6 Å². The summed E-state index contributed by atoms with van der Waals surface area (Å²) in [4.78, 5) is 34.9. The Morgan fingerprint density at radius 2 is 1.02 bits per heavy atom. The number of rotatable bonds is 39. The molecule has 3 N–H and O–H groups in total. The van der Waals surface area contributed by atoms with Gasteiger partial charge in [-0.3, -0.25) is 18.6 Å². The lowest BCUT2D eigenvalue weighted by Crippen LogP contribution is -2.29. The summed E-state index contributed by atoms with van der Waals surface area (Å²) in [6.07, 6.45) is 40.7. The lowest BCUT2D eigenvalue weighted by atomic mass is 10.0. The number of unbranched alkanes of at least 4 members (excludes halogenated alkanes) is 20. The molecule has 11 heteroatoms. The van der Waals surface area contributed by atoms with Gasteiger partial charge in [0.05, 0.1) is 19.8 Å². The van der Waals surface area contributed by atoms with Crippen LogP contribution < -0.4 is 0 Å². The second-order valence-corrected chi connectivity index (χ2v) is 15.5. The third-order valence-electron chi connectivity index (χ3n) is 8.84. The number of hydrogen-bond donors (Lipinski definition) is 3. The summed E-state index contributed by atoms with van der Waals surface area (Å²) in [6.45, 7) is 2.22. The van der Waals surface area contributed by atoms with Gasteiger partial charge in [0, 0.05) is 12.8 Å². The number of carbonyl (C=O) groups excluding carboxylic acids is 2. The summed E-state index contributed by atoms with van der Waals surface area (Å²) in [6, 6.07) is 0. The van der Waals surface area contributed by atoms with E-state index >= 15 is 0 Å². The first kappa shape index (κ1) is 51.9. The van der Waals surface area contributed by atoms with Crippen LogP contribution >= 0.6 is 7.82 Å². The fourth-order valence-corrected chi connectivity index (χ4v) is 6.38. The Morgan fingerprint density at radius 1 is 0.574 bits per heavy atom. The van der Waals surface area contributed by atoms with Gasteiger partial charge in [0.1, 0.15) is 12.7 Å². The Labute approximate surface area is 328 Å². The van der Waals surface area contributed by atoms with Crippen molar-refractivity contribution in [2.75, 3.05) is 26.4 Å². The first-order valence-corrected chi connectivity index (χ1v) is 22.6. The molecule has 1 unspecified atom stereocenters. The molecule has 314 valence electrons. The van der Waals surface area contributed by atoms with E-state index in [0.717, 1.165) is 57.8 Å². The molecule has 0 aliphatic carbocycles. The minimum atomic E-state index is -4.62. The molecular weight excluding hydrogens is 707 g/mol. The van der Waals surface area contributed by atoms with Crippen LogP contribution in [-0.4, -0.2) is 65.7 Å². The highest BCUT2D eigenvalue weighted by atomic mass is 31.2.